The quantitative estimate of drug-likeness (QED) is 0.170. The molecule has 0 fully saturated rings. The molecule has 3 heterocycles. The van der Waals surface area contributed by atoms with E-state index < -0.39 is 8.07 Å². The molecular formula is C48H34NOSSi-. The second-order valence-corrected chi connectivity index (χ2v) is 20.9. The van der Waals surface area contributed by atoms with Crippen LogP contribution in [0.4, 0.5) is 17.1 Å². The summed E-state index contributed by atoms with van der Waals surface area (Å²) in [5.41, 5.74) is 10.5. The molecule has 4 heteroatoms. The van der Waals surface area contributed by atoms with Gasteiger partial charge in [-0.3, -0.25) is 0 Å². The first-order chi connectivity index (χ1) is 25.5. The standard InChI is InChI=1S/C48H34NOSSi/c1-52(2)45-26-24-39-37-16-5-7-19-42(37)50-48(39)47(45)40-23-21-34(29-46(40)52)49(33-22-25-44-41(28-33)38-17-6-8-20-43(38)51-44)32-14-9-13-31(27-32)36-18-10-12-30-11-3-4-15-35(30)36/h3-29,52H,1-2H3/q-1. The van der Waals surface area contributed by atoms with E-state index >= 15 is 0 Å². The van der Waals surface area contributed by atoms with Crippen LogP contribution < -0.4 is 15.3 Å². The third kappa shape index (κ3) is 4.29. The number of hydrogen-bond acceptors (Lipinski definition) is 3. The van der Waals surface area contributed by atoms with Crippen LogP contribution in [0.2, 0.25) is 13.1 Å². The van der Waals surface area contributed by atoms with Gasteiger partial charge in [-0.15, -0.1) is 0 Å². The van der Waals surface area contributed by atoms with Crippen LogP contribution in [0.1, 0.15) is 0 Å². The summed E-state index contributed by atoms with van der Waals surface area (Å²) in [5, 5.41) is 10.5. The Labute approximate surface area is 306 Å². The zero-order valence-corrected chi connectivity index (χ0v) is 30.9. The molecule has 0 bridgehead atoms. The van der Waals surface area contributed by atoms with Gasteiger partial charge in [0, 0.05) is 0 Å². The Morgan fingerprint density at radius 2 is 1.19 bits per heavy atom. The van der Waals surface area contributed by atoms with E-state index in [1.54, 1.807) is 0 Å². The molecule has 0 unspecified atom stereocenters. The summed E-state index contributed by atoms with van der Waals surface area (Å²) in [5.74, 6) is 0. The number of thiophene rings is 1. The van der Waals surface area contributed by atoms with Crippen molar-refractivity contribution < 1.29 is 4.42 Å². The summed E-state index contributed by atoms with van der Waals surface area (Å²) in [6.45, 7) is 5.04. The number of fused-ring (bicyclic) bond motifs is 11. The van der Waals surface area contributed by atoms with E-state index in [0.717, 1.165) is 22.5 Å². The molecule has 0 saturated heterocycles. The fourth-order valence-electron chi connectivity index (χ4n) is 8.95. The van der Waals surface area contributed by atoms with Gasteiger partial charge in [-0.1, -0.05) is 0 Å². The predicted molar refractivity (Wildman–Crippen MR) is 228 cm³/mol. The average molecular weight is 701 g/mol. The maximum atomic E-state index is 6.63. The van der Waals surface area contributed by atoms with Crippen molar-refractivity contribution in [3.8, 4) is 22.3 Å². The van der Waals surface area contributed by atoms with Crippen molar-refractivity contribution in [3.63, 3.8) is 0 Å². The molecule has 0 radical (unpaired) electrons. The molecule has 2 nitrogen and oxygen atoms in total. The summed E-state index contributed by atoms with van der Waals surface area (Å²) in [7, 11) is -2.45. The van der Waals surface area contributed by atoms with Gasteiger partial charge >= 0.3 is 308 Å². The van der Waals surface area contributed by atoms with Gasteiger partial charge in [0.2, 0.25) is 0 Å². The third-order valence-corrected chi connectivity index (χ3v) is 16.7. The van der Waals surface area contributed by atoms with E-state index in [1.165, 1.54) is 80.0 Å². The number of anilines is 3. The molecule has 0 aliphatic carbocycles. The molecule has 10 aromatic rings. The van der Waals surface area contributed by atoms with Crippen molar-refractivity contribution in [2.24, 2.45) is 0 Å². The number of rotatable bonds is 4. The number of nitrogens with zero attached hydrogens (tertiary/aromatic N) is 1. The molecule has 1 aliphatic heterocycles. The number of benzene rings is 8. The van der Waals surface area contributed by atoms with E-state index in [1.807, 2.05) is 11.3 Å². The molecule has 0 N–H and O–H groups in total. The molecule has 248 valence electrons. The topological polar surface area (TPSA) is 16.4 Å². The first-order valence-corrected chi connectivity index (χ1v) is 22.4. The Kier molecular flexibility index (Phi) is 6.31. The fraction of sp³-hybridized carbons (Fsp3) is 0.0417. The maximum absolute atomic E-state index is 6.63. The van der Waals surface area contributed by atoms with Crippen LogP contribution in [0.3, 0.4) is 0 Å². The number of para-hydroxylation sites is 1. The fourth-order valence-corrected chi connectivity index (χ4v) is 13.6. The van der Waals surface area contributed by atoms with Crippen molar-refractivity contribution in [2.75, 3.05) is 4.90 Å². The molecule has 11 rings (SSSR count). The molecule has 2 aromatic heterocycles. The first-order valence-electron chi connectivity index (χ1n) is 18.2. The molecule has 0 spiro atoms. The molecular weight excluding hydrogens is 667 g/mol. The predicted octanol–water partition coefficient (Wildman–Crippen LogP) is 12.8. The summed E-state index contributed by atoms with van der Waals surface area (Å²) in [4.78, 5) is 2.47. The van der Waals surface area contributed by atoms with E-state index in [4.69, 9.17) is 4.42 Å². The minimum absolute atomic E-state index is 0.951. The molecule has 52 heavy (non-hydrogen) atoms. The molecule has 0 saturated carbocycles. The Morgan fingerprint density at radius 3 is 2.12 bits per heavy atom. The van der Waals surface area contributed by atoms with Crippen LogP contribution in [-0.2, 0) is 0 Å². The van der Waals surface area contributed by atoms with Crippen molar-refractivity contribution in [2.45, 2.75) is 13.1 Å². The van der Waals surface area contributed by atoms with Crippen molar-refractivity contribution in [1.82, 2.24) is 0 Å². The number of hydrogen-bond donors (Lipinski definition) is 0. The van der Waals surface area contributed by atoms with E-state index in [0.29, 0.717) is 0 Å². The number of furan rings is 1. The average Bonchev–Trinajstić information content (AvgIpc) is 3.82. The Balaban J connectivity index is 1.13. The van der Waals surface area contributed by atoms with Crippen molar-refractivity contribution in [3.05, 3.63) is 164 Å². The van der Waals surface area contributed by atoms with Crippen LogP contribution in [0.25, 0.3) is 75.1 Å². The van der Waals surface area contributed by atoms with Gasteiger partial charge in [0.15, 0.2) is 0 Å². The zero-order chi connectivity index (χ0) is 34.6. The summed E-state index contributed by atoms with van der Waals surface area (Å²) in [6, 6.07) is 60.4. The zero-order valence-electron chi connectivity index (χ0n) is 28.9. The van der Waals surface area contributed by atoms with Gasteiger partial charge in [0.05, 0.1) is 0 Å². The van der Waals surface area contributed by atoms with Crippen molar-refractivity contribution in [1.29, 1.82) is 0 Å². The monoisotopic (exact) mass is 700 g/mol. The Morgan fingerprint density at radius 1 is 0.481 bits per heavy atom. The van der Waals surface area contributed by atoms with Gasteiger partial charge in [-0.2, -0.15) is 0 Å². The SMILES string of the molecule is C[SiH-]1(C)c2cc(N(c3cccc(-c4cccc5ccccc45)c3)c3ccc4sc5ccccc5c4c3)ccc2-c2c1ccc1c2oc2ccccc21. The van der Waals surface area contributed by atoms with E-state index in [9.17, 15) is 0 Å². The van der Waals surface area contributed by atoms with Gasteiger partial charge in [-0.25, -0.2) is 0 Å². The summed E-state index contributed by atoms with van der Waals surface area (Å²) < 4.78 is 9.26. The van der Waals surface area contributed by atoms with E-state index in [2.05, 4.69) is 182 Å². The molecule has 8 aromatic carbocycles. The van der Waals surface area contributed by atoms with Crippen LogP contribution in [0.15, 0.2) is 168 Å². The Bertz CT molecular complexity index is 3070. The van der Waals surface area contributed by atoms with Crippen LogP contribution in [0, 0.1) is 0 Å². The van der Waals surface area contributed by atoms with Gasteiger partial charge in [-0.05, 0) is 0 Å². The third-order valence-electron chi connectivity index (χ3n) is 11.5. The van der Waals surface area contributed by atoms with E-state index in [-0.39, 0.29) is 0 Å². The van der Waals surface area contributed by atoms with Gasteiger partial charge in [0.25, 0.3) is 0 Å². The summed E-state index contributed by atoms with van der Waals surface area (Å²) in [6.07, 6.45) is 0. The second kappa shape index (κ2) is 11.0. The Hall–Kier alpha value is -5.94. The second-order valence-electron chi connectivity index (χ2n) is 14.8. The first kappa shape index (κ1) is 29.8. The summed E-state index contributed by atoms with van der Waals surface area (Å²) >= 11 is 1.87. The molecule has 1 aliphatic rings. The van der Waals surface area contributed by atoms with Crippen LogP contribution >= 0.6 is 11.3 Å². The normalized spacial score (nSPS) is 14.0. The van der Waals surface area contributed by atoms with Crippen LogP contribution in [0.5, 0.6) is 0 Å². The molecule has 0 atom stereocenters. The minimum atomic E-state index is -2.45. The van der Waals surface area contributed by atoms with Crippen molar-refractivity contribution >= 4 is 99.7 Å². The van der Waals surface area contributed by atoms with Gasteiger partial charge < -0.3 is 0 Å². The molecule has 0 amide bonds. The van der Waals surface area contributed by atoms with Crippen LogP contribution in [-0.4, -0.2) is 8.07 Å². The van der Waals surface area contributed by atoms with Gasteiger partial charge in [0.1, 0.15) is 0 Å².